The highest BCUT2D eigenvalue weighted by molar-refractivity contribution is 7.09. The van der Waals surface area contributed by atoms with Crippen LogP contribution >= 0.6 is 11.5 Å². The van der Waals surface area contributed by atoms with Crippen molar-refractivity contribution in [3.63, 3.8) is 0 Å². The van der Waals surface area contributed by atoms with Gasteiger partial charge in [0.2, 0.25) is 5.13 Å². The van der Waals surface area contributed by atoms with Crippen LogP contribution in [-0.4, -0.2) is 40.5 Å². The van der Waals surface area contributed by atoms with Gasteiger partial charge in [0.05, 0.1) is 4.92 Å². The molecule has 0 N–H and O–H groups in total. The number of rotatable bonds is 4. The normalized spacial score (nSPS) is 15.3. The Kier molecular flexibility index (Phi) is 4.42. The predicted molar refractivity (Wildman–Crippen MR) is 91.5 cm³/mol. The lowest BCUT2D eigenvalue weighted by Crippen LogP contribution is -2.46. The van der Waals surface area contributed by atoms with Gasteiger partial charge in [-0.05, 0) is 12.1 Å². The Labute approximate surface area is 138 Å². The van der Waals surface area contributed by atoms with E-state index in [9.17, 15) is 10.1 Å². The van der Waals surface area contributed by atoms with Crippen molar-refractivity contribution in [3.05, 3.63) is 40.2 Å². The molecule has 0 spiro atoms. The zero-order valence-electron chi connectivity index (χ0n) is 13.2. The molecule has 0 atom stereocenters. The predicted octanol–water partition coefficient (Wildman–Crippen LogP) is 2.90. The molecule has 8 heteroatoms. The van der Waals surface area contributed by atoms with Crippen molar-refractivity contribution in [3.8, 4) is 0 Å². The molecule has 3 rings (SSSR count). The molecule has 0 bridgehead atoms. The molecule has 23 heavy (non-hydrogen) atoms. The van der Waals surface area contributed by atoms with Crippen LogP contribution in [0.5, 0.6) is 0 Å². The lowest BCUT2D eigenvalue weighted by molar-refractivity contribution is -0.384. The minimum atomic E-state index is -0.372. The maximum absolute atomic E-state index is 10.7. The number of nitro groups is 1. The Bertz CT molecular complexity index is 677. The zero-order chi connectivity index (χ0) is 16.4. The van der Waals surface area contributed by atoms with Gasteiger partial charge in [0.25, 0.3) is 5.69 Å². The summed E-state index contributed by atoms with van der Waals surface area (Å²) in [5.41, 5.74) is 1.15. The molecule has 7 nitrogen and oxygen atoms in total. The summed E-state index contributed by atoms with van der Waals surface area (Å²) in [4.78, 5) is 19.4. The minimum absolute atomic E-state index is 0.127. The van der Waals surface area contributed by atoms with E-state index in [0.717, 1.165) is 42.8 Å². The van der Waals surface area contributed by atoms with E-state index in [1.165, 1.54) is 11.5 Å². The molecule has 1 aromatic heterocycles. The third-order valence-corrected chi connectivity index (χ3v) is 4.71. The fraction of sp³-hybridized carbons (Fsp3) is 0.467. The second-order valence-electron chi connectivity index (χ2n) is 5.84. The highest BCUT2D eigenvalue weighted by atomic mass is 32.1. The van der Waals surface area contributed by atoms with Crippen LogP contribution in [0, 0.1) is 10.1 Å². The van der Waals surface area contributed by atoms with Crippen LogP contribution in [0.25, 0.3) is 0 Å². The van der Waals surface area contributed by atoms with E-state index < -0.39 is 0 Å². The molecule has 1 aliphatic rings. The van der Waals surface area contributed by atoms with Crippen molar-refractivity contribution in [1.82, 2.24) is 9.36 Å². The minimum Gasteiger partial charge on any atom is -0.368 e. The van der Waals surface area contributed by atoms with Crippen LogP contribution in [0.15, 0.2) is 24.3 Å². The Hall–Kier alpha value is -2.22. The van der Waals surface area contributed by atoms with Gasteiger partial charge in [-0.15, -0.1) is 0 Å². The summed E-state index contributed by atoms with van der Waals surface area (Å²) in [6.07, 6.45) is 0. The number of nitro benzene ring substituents is 1. The Morgan fingerprint density at radius 1 is 1.13 bits per heavy atom. The van der Waals surface area contributed by atoms with Gasteiger partial charge < -0.3 is 9.80 Å². The van der Waals surface area contributed by atoms with E-state index in [1.807, 2.05) is 12.1 Å². The van der Waals surface area contributed by atoms with Crippen molar-refractivity contribution in [2.24, 2.45) is 0 Å². The Morgan fingerprint density at radius 2 is 1.74 bits per heavy atom. The van der Waals surface area contributed by atoms with E-state index in [4.69, 9.17) is 0 Å². The van der Waals surface area contributed by atoms with Crippen LogP contribution in [0.3, 0.4) is 0 Å². The van der Waals surface area contributed by atoms with Gasteiger partial charge in [0.1, 0.15) is 5.82 Å². The summed E-state index contributed by atoms with van der Waals surface area (Å²) in [6, 6.07) is 6.74. The molecule has 1 fully saturated rings. The highest BCUT2D eigenvalue weighted by Crippen LogP contribution is 2.25. The number of hydrogen-bond acceptors (Lipinski definition) is 7. The summed E-state index contributed by atoms with van der Waals surface area (Å²) in [5.74, 6) is 1.25. The van der Waals surface area contributed by atoms with Gasteiger partial charge in [-0.2, -0.15) is 4.37 Å². The number of non-ortho nitro benzene ring substituents is 1. The maximum Gasteiger partial charge on any atom is 0.269 e. The van der Waals surface area contributed by atoms with Crippen molar-refractivity contribution >= 4 is 28.0 Å². The average molecular weight is 333 g/mol. The second-order valence-corrected chi connectivity index (χ2v) is 6.57. The molecule has 0 amide bonds. The summed E-state index contributed by atoms with van der Waals surface area (Å²) < 4.78 is 4.41. The van der Waals surface area contributed by atoms with Gasteiger partial charge in [-0.1, -0.05) is 13.8 Å². The number of benzene rings is 1. The lowest BCUT2D eigenvalue weighted by Gasteiger charge is -2.35. The molecule has 0 radical (unpaired) electrons. The largest absolute Gasteiger partial charge is 0.368 e. The van der Waals surface area contributed by atoms with Gasteiger partial charge in [-0.3, -0.25) is 10.1 Å². The quantitative estimate of drug-likeness (QED) is 0.632. The van der Waals surface area contributed by atoms with Gasteiger partial charge >= 0.3 is 0 Å². The van der Waals surface area contributed by atoms with E-state index in [2.05, 4.69) is 33.0 Å². The summed E-state index contributed by atoms with van der Waals surface area (Å²) in [7, 11) is 0. The van der Waals surface area contributed by atoms with Crippen LogP contribution in [0.1, 0.15) is 25.6 Å². The average Bonchev–Trinajstić information content (AvgIpc) is 3.05. The molecule has 0 unspecified atom stereocenters. The third kappa shape index (κ3) is 3.42. The van der Waals surface area contributed by atoms with E-state index in [0.29, 0.717) is 5.92 Å². The van der Waals surface area contributed by atoms with Crippen molar-refractivity contribution in [1.29, 1.82) is 0 Å². The first-order valence-corrected chi connectivity index (χ1v) is 8.40. The number of aromatic nitrogens is 2. The smallest absolute Gasteiger partial charge is 0.269 e. The van der Waals surface area contributed by atoms with E-state index in [-0.39, 0.29) is 10.6 Å². The van der Waals surface area contributed by atoms with Gasteiger partial charge in [0, 0.05) is 61.4 Å². The standard InChI is InChI=1S/C15H19N5O2S/c1-11(2)14-16-15(23-17-14)19-9-7-18(8-10-19)12-3-5-13(6-4-12)20(21)22/h3-6,11H,7-10H2,1-2H3. The second kappa shape index (κ2) is 6.49. The van der Waals surface area contributed by atoms with Crippen molar-refractivity contribution < 1.29 is 4.92 Å². The SMILES string of the molecule is CC(C)c1nsc(N2CCN(c3ccc([N+](=O)[O-])cc3)CC2)n1. The molecule has 2 aromatic rings. The maximum atomic E-state index is 10.7. The Morgan fingerprint density at radius 3 is 2.26 bits per heavy atom. The molecule has 1 saturated heterocycles. The molecule has 0 saturated carbocycles. The monoisotopic (exact) mass is 333 g/mol. The number of hydrogen-bond donors (Lipinski definition) is 0. The first-order valence-electron chi connectivity index (χ1n) is 7.62. The fourth-order valence-electron chi connectivity index (χ4n) is 2.53. The molecule has 1 aliphatic heterocycles. The van der Waals surface area contributed by atoms with Crippen LogP contribution in [0.4, 0.5) is 16.5 Å². The molecule has 122 valence electrons. The molecule has 0 aliphatic carbocycles. The number of anilines is 2. The Balaban J connectivity index is 1.62. The van der Waals surface area contributed by atoms with E-state index >= 15 is 0 Å². The van der Waals surface area contributed by atoms with Crippen LogP contribution in [-0.2, 0) is 0 Å². The molecular formula is C15H19N5O2S. The first kappa shape index (κ1) is 15.7. The first-order chi connectivity index (χ1) is 11.0. The third-order valence-electron chi connectivity index (χ3n) is 3.92. The zero-order valence-corrected chi connectivity index (χ0v) is 14.0. The molecule has 2 heterocycles. The van der Waals surface area contributed by atoms with Gasteiger partial charge in [-0.25, -0.2) is 4.98 Å². The molecular weight excluding hydrogens is 314 g/mol. The van der Waals surface area contributed by atoms with Crippen LogP contribution < -0.4 is 9.80 Å². The summed E-state index contributed by atoms with van der Waals surface area (Å²) >= 11 is 1.46. The molecule has 1 aromatic carbocycles. The van der Waals surface area contributed by atoms with Crippen molar-refractivity contribution in [2.75, 3.05) is 36.0 Å². The number of piperazine rings is 1. The van der Waals surface area contributed by atoms with E-state index in [1.54, 1.807) is 12.1 Å². The van der Waals surface area contributed by atoms with Crippen molar-refractivity contribution in [2.45, 2.75) is 19.8 Å². The summed E-state index contributed by atoms with van der Waals surface area (Å²) in [5, 5.41) is 11.7. The lowest BCUT2D eigenvalue weighted by atomic mass is 10.2. The fourth-order valence-corrected chi connectivity index (χ4v) is 3.39. The van der Waals surface area contributed by atoms with Crippen LogP contribution in [0.2, 0.25) is 0 Å². The van der Waals surface area contributed by atoms with Gasteiger partial charge in [0.15, 0.2) is 0 Å². The highest BCUT2D eigenvalue weighted by Gasteiger charge is 2.21. The number of nitrogens with zero attached hydrogens (tertiary/aromatic N) is 5. The summed E-state index contributed by atoms with van der Waals surface area (Å²) in [6.45, 7) is 7.69. The topological polar surface area (TPSA) is 75.4 Å².